The van der Waals surface area contributed by atoms with Gasteiger partial charge in [-0.05, 0) is 31.1 Å². The summed E-state index contributed by atoms with van der Waals surface area (Å²) in [5, 5.41) is 1.13. The summed E-state index contributed by atoms with van der Waals surface area (Å²) in [7, 11) is 0. The molecule has 0 saturated heterocycles. The smallest absolute Gasteiger partial charge is 0.410 e. The van der Waals surface area contributed by atoms with Crippen molar-refractivity contribution in [2.24, 2.45) is 0 Å². The van der Waals surface area contributed by atoms with E-state index in [2.05, 4.69) is 22.1 Å². The number of carbonyl (C=O) groups excluding carboxylic acids is 1. The van der Waals surface area contributed by atoms with E-state index in [4.69, 9.17) is 4.74 Å². The molecule has 5 nitrogen and oxygen atoms in total. The molecule has 20 heavy (non-hydrogen) atoms. The van der Waals surface area contributed by atoms with E-state index in [9.17, 15) is 4.79 Å². The van der Waals surface area contributed by atoms with Crippen molar-refractivity contribution in [3.63, 3.8) is 0 Å². The monoisotopic (exact) mass is 271 g/mol. The second kappa shape index (κ2) is 5.36. The Bertz CT molecular complexity index is 660. The van der Waals surface area contributed by atoms with Crippen LogP contribution in [0.2, 0.25) is 0 Å². The number of ether oxygens (including phenoxy) is 1. The van der Waals surface area contributed by atoms with Gasteiger partial charge < -0.3 is 14.6 Å². The van der Waals surface area contributed by atoms with Crippen molar-refractivity contribution in [3.8, 4) is 0 Å². The van der Waals surface area contributed by atoms with Crippen molar-refractivity contribution < 1.29 is 9.53 Å². The Morgan fingerprint density at radius 1 is 1.55 bits per heavy atom. The molecule has 0 aromatic carbocycles. The highest BCUT2D eigenvalue weighted by Crippen LogP contribution is 2.28. The molecule has 3 heterocycles. The second-order valence-corrected chi connectivity index (χ2v) is 4.73. The molecule has 0 atom stereocenters. The Morgan fingerprint density at radius 3 is 3.20 bits per heavy atom. The Kier molecular flexibility index (Phi) is 3.41. The molecule has 1 amide bonds. The van der Waals surface area contributed by atoms with Gasteiger partial charge in [0.15, 0.2) is 0 Å². The summed E-state index contributed by atoms with van der Waals surface area (Å²) >= 11 is 0. The van der Waals surface area contributed by atoms with E-state index < -0.39 is 0 Å². The zero-order valence-corrected chi connectivity index (χ0v) is 11.4. The van der Waals surface area contributed by atoms with Crippen LogP contribution in [0.1, 0.15) is 18.9 Å². The third kappa shape index (κ3) is 2.27. The van der Waals surface area contributed by atoms with Crippen molar-refractivity contribution >= 4 is 22.7 Å². The first-order valence-electron chi connectivity index (χ1n) is 6.83. The van der Waals surface area contributed by atoms with Gasteiger partial charge in [-0.3, -0.25) is 0 Å². The summed E-state index contributed by atoms with van der Waals surface area (Å²) < 4.78 is 5.02. The molecule has 104 valence electrons. The fourth-order valence-electron chi connectivity index (χ4n) is 2.52. The number of fused-ring (bicyclic) bond motifs is 1. The van der Waals surface area contributed by atoms with Crippen molar-refractivity contribution in [1.29, 1.82) is 0 Å². The van der Waals surface area contributed by atoms with Crippen molar-refractivity contribution in [1.82, 2.24) is 14.9 Å². The number of rotatable bonds is 2. The van der Waals surface area contributed by atoms with Gasteiger partial charge in [-0.2, -0.15) is 0 Å². The van der Waals surface area contributed by atoms with E-state index in [1.54, 1.807) is 11.1 Å². The van der Waals surface area contributed by atoms with Gasteiger partial charge in [0.2, 0.25) is 0 Å². The van der Waals surface area contributed by atoms with Gasteiger partial charge in [-0.1, -0.05) is 6.08 Å². The predicted octanol–water partition coefficient (Wildman–Crippen LogP) is 2.81. The minimum atomic E-state index is -0.233. The number of aromatic nitrogens is 2. The lowest BCUT2D eigenvalue weighted by atomic mass is 10.00. The third-order valence-electron chi connectivity index (χ3n) is 3.53. The fraction of sp³-hybridized carbons (Fsp3) is 0.333. The lowest BCUT2D eigenvalue weighted by Crippen LogP contribution is -2.35. The molecule has 0 unspecified atom stereocenters. The van der Waals surface area contributed by atoms with Gasteiger partial charge in [-0.25, -0.2) is 9.78 Å². The molecule has 0 aliphatic carbocycles. The highest BCUT2D eigenvalue weighted by Gasteiger charge is 2.19. The Balaban J connectivity index is 1.81. The quantitative estimate of drug-likeness (QED) is 0.913. The number of H-pyrrole nitrogens is 1. The van der Waals surface area contributed by atoms with Gasteiger partial charge in [0.1, 0.15) is 5.65 Å². The van der Waals surface area contributed by atoms with Gasteiger partial charge >= 0.3 is 6.09 Å². The maximum Gasteiger partial charge on any atom is 0.410 e. The fourth-order valence-corrected chi connectivity index (χ4v) is 2.52. The van der Waals surface area contributed by atoms with Crippen LogP contribution in [-0.2, 0) is 4.74 Å². The van der Waals surface area contributed by atoms with Crippen molar-refractivity contribution in [2.75, 3.05) is 19.7 Å². The van der Waals surface area contributed by atoms with E-state index in [0.29, 0.717) is 19.7 Å². The first-order valence-corrected chi connectivity index (χ1v) is 6.83. The van der Waals surface area contributed by atoms with Crippen molar-refractivity contribution in [3.05, 3.63) is 36.2 Å². The average Bonchev–Trinajstić information content (AvgIpc) is 2.92. The van der Waals surface area contributed by atoms with Crippen LogP contribution in [0, 0.1) is 0 Å². The van der Waals surface area contributed by atoms with Gasteiger partial charge in [0, 0.05) is 36.4 Å². The first kappa shape index (κ1) is 12.7. The molecule has 2 aromatic rings. The number of carbonyl (C=O) groups is 1. The van der Waals surface area contributed by atoms with Crippen LogP contribution in [0.4, 0.5) is 4.79 Å². The van der Waals surface area contributed by atoms with E-state index in [1.165, 1.54) is 11.1 Å². The van der Waals surface area contributed by atoms with E-state index in [1.807, 2.05) is 19.2 Å². The maximum absolute atomic E-state index is 11.7. The molecule has 1 aliphatic rings. The molecule has 3 rings (SSSR count). The van der Waals surface area contributed by atoms with Gasteiger partial charge in [0.05, 0.1) is 6.61 Å². The minimum absolute atomic E-state index is 0.233. The van der Waals surface area contributed by atoms with Crippen LogP contribution >= 0.6 is 0 Å². The SMILES string of the molecule is CCOC(=O)N1CC=C(c2c[nH]c3ncccc23)CC1. The molecule has 0 spiro atoms. The normalized spacial score (nSPS) is 15.2. The Labute approximate surface area is 117 Å². The lowest BCUT2D eigenvalue weighted by molar-refractivity contribution is 0.111. The summed E-state index contributed by atoms with van der Waals surface area (Å²) in [5.74, 6) is 0. The summed E-state index contributed by atoms with van der Waals surface area (Å²) in [6, 6.07) is 4.00. The number of nitrogens with zero attached hydrogens (tertiary/aromatic N) is 2. The Hall–Kier alpha value is -2.30. The Morgan fingerprint density at radius 2 is 2.45 bits per heavy atom. The van der Waals surface area contributed by atoms with Gasteiger partial charge in [0.25, 0.3) is 0 Å². The van der Waals surface area contributed by atoms with Crippen LogP contribution in [-0.4, -0.2) is 40.7 Å². The zero-order chi connectivity index (χ0) is 13.9. The molecule has 0 bridgehead atoms. The predicted molar refractivity (Wildman–Crippen MR) is 77.3 cm³/mol. The molecule has 0 saturated carbocycles. The van der Waals surface area contributed by atoms with E-state index in [0.717, 1.165) is 17.5 Å². The van der Waals surface area contributed by atoms with Gasteiger partial charge in [-0.15, -0.1) is 0 Å². The molecule has 5 heteroatoms. The number of pyridine rings is 1. The largest absolute Gasteiger partial charge is 0.450 e. The lowest BCUT2D eigenvalue weighted by Gasteiger charge is -2.25. The van der Waals surface area contributed by atoms with E-state index >= 15 is 0 Å². The zero-order valence-electron chi connectivity index (χ0n) is 11.4. The summed E-state index contributed by atoms with van der Waals surface area (Å²) in [6.45, 7) is 3.53. The van der Waals surface area contributed by atoms with Crippen LogP contribution < -0.4 is 0 Å². The molecule has 1 aliphatic heterocycles. The molecule has 0 fully saturated rings. The molecule has 2 aromatic heterocycles. The first-order chi connectivity index (χ1) is 9.79. The summed E-state index contributed by atoms with van der Waals surface area (Å²) in [6.07, 6.45) is 6.46. The van der Waals surface area contributed by atoms with Crippen LogP contribution in [0.3, 0.4) is 0 Å². The highest BCUT2D eigenvalue weighted by atomic mass is 16.6. The highest BCUT2D eigenvalue weighted by molar-refractivity contribution is 5.91. The number of aromatic amines is 1. The standard InChI is InChI=1S/C15H17N3O2/c1-2-20-15(19)18-8-5-11(6-9-18)13-10-17-14-12(13)4-3-7-16-14/h3-5,7,10H,2,6,8-9H2,1H3,(H,16,17). The summed E-state index contributed by atoms with van der Waals surface area (Å²) in [5.41, 5.74) is 3.33. The topological polar surface area (TPSA) is 58.2 Å². The average molecular weight is 271 g/mol. The second-order valence-electron chi connectivity index (χ2n) is 4.73. The number of hydrogen-bond donors (Lipinski definition) is 1. The molecular weight excluding hydrogens is 254 g/mol. The van der Waals surface area contributed by atoms with Crippen LogP contribution in [0.25, 0.3) is 16.6 Å². The number of amides is 1. The van der Waals surface area contributed by atoms with Crippen LogP contribution in [0.15, 0.2) is 30.6 Å². The molecule has 0 radical (unpaired) electrons. The maximum atomic E-state index is 11.7. The minimum Gasteiger partial charge on any atom is -0.450 e. The summed E-state index contributed by atoms with van der Waals surface area (Å²) in [4.78, 5) is 20.9. The molecule has 1 N–H and O–H groups in total. The number of nitrogens with one attached hydrogen (secondary N) is 1. The van der Waals surface area contributed by atoms with Crippen LogP contribution in [0.5, 0.6) is 0 Å². The van der Waals surface area contributed by atoms with E-state index in [-0.39, 0.29) is 6.09 Å². The third-order valence-corrected chi connectivity index (χ3v) is 3.53. The van der Waals surface area contributed by atoms with Crippen molar-refractivity contribution in [2.45, 2.75) is 13.3 Å². The number of hydrogen-bond acceptors (Lipinski definition) is 3. The molecular formula is C15H17N3O2.